The molecule has 0 saturated carbocycles. The third kappa shape index (κ3) is 3.68. The third-order valence-corrected chi connectivity index (χ3v) is 7.80. The van der Waals surface area contributed by atoms with Crippen LogP contribution in [0.2, 0.25) is 0 Å². The molecule has 2 heterocycles. The number of para-hydroxylation sites is 2. The molecule has 0 aliphatic heterocycles. The number of rotatable bonds is 3. The van der Waals surface area contributed by atoms with Crippen molar-refractivity contribution in [3.05, 3.63) is 127 Å². The van der Waals surface area contributed by atoms with E-state index in [0.717, 1.165) is 71.7 Å². The van der Waals surface area contributed by atoms with Gasteiger partial charge in [0.05, 0.1) is 11.6 Å². The molecule has 0 saturated heterocycles. The molecule has 0 atom stereocenters. The summed E-state index contributed by atoms with van der Waals surface area (Å²) < 4.78 is 12.1. The third-order valence-electron chi connectivity index (χ3n) is 7.80. The highest BCUT2D eigenvalue weighted by atomic mass is 16.3. The maximum Gasteiger partial charge on any atom is 0.135 e. The summed E-state index contributed by atoms with van der Waals surface area (Å²) in [5.41, 5.74) is 9.01. The van der Waals surface area contributed by atoms with Crippen molar-refractivity contribution in [3.63, 3.8) is 0 Å². The van der Waals surface area contributed by atoms with Gasteiger partial charge in [-0.25, -0.2) is 0 Å². The molecule has 0 fully saturated rings. The summed E-state index contributed by atoms with van der Waals surface area (Å²) in [6.45, 7) is 0. The van der Waals surface area contributed by atoms with Gasteiger partial charge in [-0.15, -0.1) is 0 Å². The Kier molecular flexibility index (Phi) is 5.01. The highest BCUT2D eigenvalue weighted by molar-refractivity contribution is 6.07. The molecule has 0 aliphatic rings. The summed E-state index contributed by atoms with van der Waals surface area (Å²) in [6.07, 6.45) is 0. The molecule has 0 amide bonds. The molecule has 192 valence electrons. The van der Waals surface area contributed by atoms with Crippen LogP contribution in [0.1, 0.15) is 5.56 Å². The van der Waals surface area contributed by atoms with Crippen molar-refractivity contribution in [2.24, 2.45) is 0 Å². The van der Waals surface area contributed by atoms with Crippen molar-refractivity contribution in [3.8, 4) is 45.2 Å². The van der Waals surface area contributed by atoms with E-state index in [0.29, 0.717) is 11.1 Å². The summed E-state index contributed by atoms with van der Waals surface area (Å²) in [5, 5.41) is 25.0. The normalized spacial score (nSPS) is 11.5. The van der Waals surface area contributed by atoms with E-state index < -0.39 is 0 Å². The van der Waals surface area contributed by atoms with E-state index >= 15 is 0 Å². The lowest BCUT2D eigenvalue weighted by molar-refractivity contribution is 0.477. The number of fused-ring (bicyclic) bond motifs is 6. The van der Waals surface area contributed by atoms with Gasteiger partial charge in [-0.3, -0.25) is 0 Å². The Bertz CT molecular complexity index is 2220. The molecule has 0 bridgehead atoms. The molecule has 41 heavy (non-hydrogen) atoms. The van der Waals surface area contributed by atoms with Gasteiger partial charge in [-0.2, -0.15) is 5.26 Å². The standard InChI is InChI=1S/C37H21NO3/c38-21-24-6-5-9-32(39)37(24)27-17-25(22-12-14-35-30(19-22)28-7-1-3-10-33(28)40-35)16-26(18-27)23-13-15-36-31(20-23)29-8-2-4-11-34(29)41-36/h1-20,39H. The number of phenolic OH excluding ortho intramolecular Hbond substituents is 1. The summed E-state index contributed by atoms with van der Waals surface area (Å²) in [7, 11) is 0. The van der Waals surface area contributed by atoms with Crippen LogP contribution in [0.5, 0.6) is 5.75 Å². The molecule has 1 N–H and O–H groups in total. The lowest BCUT2D eigenvalue weighted by Crippen LogP contribution is -1.89. The number of benzene rings is 6. The molecule has 4 nitrogen and oxygen atoms in total. The van der Waals surface area contributed by atoms with Crippen LogP contribution in [0, 0.1) is 11.3 Å². The lowest BCUT2D eigenvalue weighted by atomic mass is 9.90. The van der Waals surface area contributed by atoms with Crippen LogP contribution in [-0.4, -0.2) is 5.11 Å². The van der Waals surface area contributed by atoms with E-state index in [2.05, 4.69) is 48.5 Å². The predicted molar refractivity (Wildman–Crippen MR) is 164 cm³/mol. The molecule has 6 aromatic carbocycles. The average molecular weight is 528 g/mol. The van der Waals surface area contributed by atoms with Gasteiger partial charge in [0, 0.05) is 27.1 Å². The Hall–Kier alpha value is -5.79. The first-order valence-corrected chi connectivity index (χ1v) is 13.4. The van der Waals surface area contributed by atoms with Gasteiger partial charge < -0.3 is 13.9 Å². The molecular weight excluding hydrogens is 506 g/mol. The Morgan fingerprint density at radius 1 is 0.463 bits per heavy atom. The molecule has 8 aromatic rings. The zero-order valence-corrected chi connectivity index (χ0v) is 21.8. The smallest absolute Gasteiger partial charge is 0.135 e. The minimum absolute atomic E-state index is 0.0692. The second kappa shape index (κ2) is 8.87. The topological polar surface area (TPSA) is 70.3 Å². The van der Waals surface area contributed by atoms with Crippen LogP contribution >= 0.6 is 0 Å². The van der Waals surface area contributed by atoms with Crippen LogP contribution in [0.25, 0.3) is 77.3 Å². The largest absolute Gasteiger partial charge is 0.507 e. The van der Waals surface area contributed by atoms with Crippen molar-refractivity contribution < 1.29 is 13.9 Å². The van der Waals surface area contributed by atoms with Crippen molar-refractivity contribution in [2.75, 3.05) is 0 Å². The molecule has 0 spiro atoms. The number of hydrogen-bond donors (Lipinski definition) is 1. The fraction of sp³-hybridized carbons (Fsp3) is 0. The number of nitrogens with zero attached hydrogens (tertiary/aromatic N) is 1. The Balaban J connectivity index is 1.39. The van der Waals surface area contributed by atoms with Gasteiger partial charge in [-0.05, 0) is 94.5 Å². The van der Waals surface area contributed by atoms with Crippen LogP contribution in [0.3, 0.4) is 0 Å². The molecule has 0 aliphatic carbocycles. The number of furan rings is 2. The maximum atomic E-state index is 10.9. The number of aromatic hydroxyl groups is 1. The molecule has 0 radical (unpaired) electrons. The average Bonchev–Trinajstić information content (AvgIpc) is 3.58. The minimum Gasteiger partial charge on any atom is -0.507 e. The van der Waals surface area contributed by atoms with Crippen LogP contribution < -0.4 is 0 Å². The molecule has 0 unspecified atom stereocenters. The quantitative estimate of drug-likeness (QED) is 0.248. The Labute approximate surface area is 234 Å². The predicted octanol–water partition coefficient (Wildman–Crippen LogP) is 10.1. The number of hydrogen-bond acceptors (Lipinski definition) is 4. The van der Waals surface area contributed by atoms with Crippen molar-refractivity contribution in [1.29, 1.82) is 5.26 Å². The molecule has 4 heteroatoms. The Morgan fingerprint density at radius 2 is 0.976 bits per heavy atom. The van der Waals surface area contributed by atoms with E-state index in [4.69, 9.17) is 8.83 Å². The van der Waals surface area contributed by atoms with E-state index in [1.807, 2.05) is 60.7 Å². The highest BCUT2D eigenvalue weighted by Crippen LogP contribution is 2.40. The number of nitriles is 1. The first-order valence-electron chi connectivity index (χ1n) is 13.4. The fourth-order valence-electron chi connectivity index (χ4n) is 5.85. The van der Waals surface area contributed by atoms with Crippen LogP contribution in [0.15, 0.2) is 130 Å². The van der Waals surface area contributed by atoms with Gasteiger partial charge in [0.15, 0.2) is 0 Å². The molecule has 8 rings (SSSR count). The van der Waals surface area contributed by atoms with Gasteiger partial charge >= 0.3 is 0 Å². The van der Waals surface area contributed by atoms with E-state index in [-0.39, 0.29) is 5.75 Å². The maximum absolute atomic E-state index is 10.9. The fourth-order valence-corrected chi connectivity index (χ4v) is 5.85. The zero-order chi connectivity index (χ0) is 27.5. The van der Waals surface area contributed by atoms with E-state index in [1.54, 1.807) is 18.2 Å². The van der Waals surface area contributed by atoms with Crippen molar-refractivity contribution in [2.45, 2.75) is 0 Å². The first-order chi connectivity index (χ1) is 20.2. The summed E-state index contributed by atoms with van der Waals surface area (Å²) in [4.78, 5) is 0. The van der Waals surface area contributed by atoms with Gasteiger partial charge in [0.1, 0.15) is 28.1 Å². The van der Waals surface area contributed by atoms with Gasteiger partial charge in [0.2, 0.25) is 0 Å². The molecule has 2 aromatic heterocycles. The van der Waals surface area contributed by atoms with Gasteiger partial charge in [0.25, 0.3) is 0 Å². The minimum atomic E-state index is 0.0692. The monoisotopic (exact) mass is 527 g/mol. The SMILES string of the molecule is N#Cc1cccc(O)c1-c1cc(-c2ccc3oc4ccccc4c3c2)cc(-c2ccc3oc4ccccc4c3c2)c1. The first kappa shape index (κ1) is 23.1. The summed E-state index contributed by atoms with van der Waals surface area (Å²) in [6, 6.07) is 42.0. The summed E-state index contributed by atoms with van der Waals surface area (Å²) in [5.74, 6) is 0.0692. The zero-order valence-electron chi connectivity index (χ0n) is 21.8. The van der Waals surface area contributed by atoms with E-state index in [1.165, 1.54) is 0 Å². The second-order valence-electron chi connectivity index (χ2n) is 10.2. The van der Waals surface area contributed by atoms with Crippen molar-refractivity contribution >= 4 is 43.9 Å². The van der Waals surface area contributed by atoms with Gasteiger partial charge in [-0.1, -0.05) is 54.6 Å². The van der Waals surface area contributed by atoms with Crippen LogP contribution in [0.4, 0.5) is 0 Å². The van der Waals surface area contributed by atoms with Crippen molar-refractivity contribution in [1.82, 2.24) is 0 Å². The second-order valence-corrected chi connectivity index (χ2v) is 10.2. The number of phenols is 1. The highest BCUT2D eigenvalue weighted by Gasteiger charge is 2.16. The van der Waals surface area contributed by atoms with Crippen LogP contribution in [-0.2, 0) is 0 Å². The summed E-state index contributed by atoms with van der Waals surface area (Å²) >= 11 is 0. The molecular formula is C37H21NO3. The van der Waals surface area contributed by atoms with E-state index in [9.17, 15) is 10.4 Å². The lowest BCUT2D eigenvalue weighted by Gasteiger charge is -2.13. The Morgan fingerprint density at radius 3 is 1.54 bits per heavy atom.